The molecule has 0 spiro atoms. The maximum absolute atomic E-state index is 12.2. The van der Waals surface area contributed by atoms with Gasteiger partial charge in [-0.1, -0.05) is 48.2 Å². The molecule has 0 saturated carbocycles. The molecule has 0 unspecified atom stereocenters. The van der Waals surface area contributed by atoms with Gasteiger partial charge in [-0.2, -0.15) is 0 Å². The summed E-state index contributed by atoms with van der Waals surface area (Å²) in [6, 6.07) is 24.7. The molecule has 1 aromatic heterocycles. The van der Waals surface area contributed by atoms with E-state index in [9.17, 15) is 9.59 Å². The van der Waals surface area contributed by atoms with E-state index < -0.39 is 5.91 Å². The molecule has 7 nitrogen and oxygen atoms in total. The van der Waals surface area contributed by atoms with Gasteiger partial charge in [0.2, 0.25) is 0 Å². The predicted molar refractivity (Wildman–Crippen MR) is 130 cm³/mol. The Balaban J connectivity index is 1.55. The maximum Gasteiger partial charge on any atom is 0.323 e. The number of urea groups is 1. The lowest BCUT2D eigenvalue weighted by Crippen LogP contribution is -2.19. The molecule has 4 rings (SSSR count). The van der Waals surface area contributed by atoms with Crippen LogP contribution in [0, 0.1) is 11.8 Å². The number of rotatable bonds is 4. The fourth-order valence-corrected chi connectivity index (χ4v) is 3.33. The average molecular weight is 448 g/mol. The number of hydrogen-bond donors (Lipinski definition) is 4. The second-order valence-corrected chi connectivity index (χ2v) is 7.18. The third-order valence-corrected chi connectivity index (χ3v) is 4.88. The second kappa shape index (κ2) is 10.6. The van der Waals surface area contributed by atoms with Gasteiger partial charge in [0, 0.05) is 28.6 Å². The Hall–Kier alpha value is -4.93. The van der Waals surface area contributed by atoms with Gasteiger partial charge in [-0.05, 0) is 54.1 Å². The Kier molecular flexibility index (Phi) is 6.94. The van der Waals surface area contributed by atoms with Crippen LogP contribution >= 0.6 is 0 Å². The Morgan fingerprint density at radius 3 is 2.24 bits per heavy atom. The molecule has 166 valence electrons. The zero-order chi connectivity index (χ0) is 23.8. The fourth-order valence-electron chi connectivity index (χ4n) is 3.33. The average Bonchev–Trinajstić information content (AvgIpc) is 2.88. The molecule has 0 aliphatic heterocycles. The van der Waals surface area contributed by atoms with Gasteiger partial charge < -0.3 is 10.6 Å². The second-order valence-electron chi connectivity index (χ2n) is 7.18. The van der Waals surface area contributed by atoms with Crippen LogP contribution in [0.4, 0.5) is 16.2 Å². The molecule has 34 heavy (non-hydrogen) atoms. The molecule has 0 bridgehead atoms. The van der Waals surface area contributed by atoms with Gasteiger partial charge >= 0.3 is 6.03 Å². The van der Waals surface area contributed by atoms with E-state index in [-0.39, 0.29) is 6.03 Å². The molecule has 4 aromatic rings. The number of pyridine rings is 1. The smallest absolute Gasteiger partial charge is 0.308 e. The molecule has 0 saturated heterocycles. The van der Waals surface area contributed by atoms with E-state index >= 15 is 0 Å². The van der Waals surface area contributed by atoms with Gasteiger partial charge in [0.25, 0.3) is 5.91 Å². The normalized spacial score (nSPS) is 9.91. The SMILES string of the molecule is O=C(Nc1ccc(C#Cc2cccc(C(=O)NO)c2-c2ccccc2)cc1)Nc1cccnc1. The topological polar surface area (TPSA) is 103 Å². The van der Waals surface area contributed by atoms with Crippen LogP contribution in [0.25, 0.3) is 11.1 Å². The molecule has 4 N–H and O–H groups in total. The number of nitrogens with zero attached hydrogens (tertiary/aromatic N) is 1. The summed E-state index contributed by atoms with van der Waals surface area (Å²) in [6.07, 6.45) is 3.18. The van der Waals surface area contributed by atoms with Crippen molar-refractivity contribution in [1.82, 2.24) is 10.5 Å². The Morgan fingerprint density at radius 2 is 1.53 bits per heavy atom. The summed E-state index contributed by atoms with van der Waals surface area (Å²) in [5, 5.41) is 14.6. The first-order chi connectivity index (χ1) is 16.6. The highest BCUT2D eigenvalue weighted by molar-refractivity contribution is 6.02. The summed E-state index contributed by atoms with van der Waals surface area (Å²) in [7, 11) is 0. The number of hydroxylamine groups is 1. The molecule has 1 heterocycles. The van der Waals surface area contributed by atoms with Gasteiger partial charge in [0.05, 0.1) is 17.4 Å². The number of hydrogen-bond acceptors (Lipinski definition) is 4. The fraction of sp³-hybridized carbons (Fsp3) is 0. The van der Waals surface area contributed by atoms with Gasteiger partial charge in [0.15, 0.2) is 0 Å². The summed E-state index contributed by atoms with van der Waals surface area (Å²) in [5.41, 5.74) is 6.04. The van der Waals surface area contributed by atoms with Crippen LogP contribution in [0.1, 0.15) is 21.5 Å². The molecule has 0 aliphatic rings. The summed E-state index contributed by atoms with van der Waals surface area (Å²) < 4.78 is 0. The van der Waals surface area contributed by atoms with E-state index in [1.165, 1.54) is 0 Å². The first-order valence-corrected chi connectivity index (χ1v) is 10.4. The van der Waals surface area contributed by atoms with Gasteiger partial charge in [-0.25, -0.2) is 10.3 Å². The minimum atomic E-state index is -0.609. The van der Waals surface area contributed by atoms with Crippen molar-refractivity contribution in [3.05, 3.63) is 114 Å². The van der Waals surface area contributed by atoms with Crippen LogP contribution < -0.4 is 16.1 Å². The molecule has 0 fully saturated rings. The van der Waals surface area contributed by atoms with E-state index in [4.69, 9.17) is 5.21 Å². The number of aromatic nitrogens is 1. The zero-order valence-corrected chi connectivity index (χ0v) is 17.9. The third-order valence-electron chi connectivity index (χ3n) is 4.88. The van der Waals surface area contributed by atoms with Crippen LogP contribution in [-0.4, -0.2) is 22.1 Å². The summed E-state index contributed by atoms with van der Waals surface area (Å²) in [4.78, 5) is 28.3. The first kappa shape index (κ1) is 22.3. The molecule has 0 atom stereocenters. The van der Waals surface area contributed by atoms with Crippen LogP contribution in [0.15, 0.2) is 97.3 Å². The number of carbonyl (C=O) groups excluding carboxylic acids is 2. The van der Waals surface area contributed by atoms with Crippen LogP contribution in [0.5, 0.6) is 0 Å². The van der Waals surface area contributed by atoms with Gasteiger partial charge in [-0.3, -0.25) is 15.0 Å². The van der Waals surface area contributed by atoms with E-state index in [2.05, 4.69) is 27.5 Å². The lowest BCUT2D eigenvalue weighted by atomic mass is 9.94. The van der Waals surface area contributed by atoms with E-state index in [0.717, 1.165) is 11.1 Å². The number of benzene rings is 3. The van der Waals surface area contributed by atoms with Crippen molar-refractivity contribution >= 4 is 23.3 Å². The third kappa shape index (κ3) is 5.46. The molecular formula is C27H20N4O3. The van der Waals surface area contributed by atoms with Gasteiger partial charge in [0.1, 0.15) is 0 Å². The zero-order valence-electron chi connectivity index (χ0n) is 17.9. The number of nitrogens with one attached hydrogen (secondary N) is 3. The highest BCUT2D eigenvalue weighted by Gasteiger charge is 2.15. The number of amides is 3. The van der Waals surface area contributed by atoms with Crippen molar-refractivity contribution in [3.63, 3.8) is 0 Å². The van der Waals surface area contributed by atoms with Crippen molar-refractivity contribution in [2.24, 2.45) is 0 Å². The van der Waals surface area contributed by atoms with E-state index in [1.54, 1.807) is 66.4 Å². The van der Waals surface area contributed by atoms with Crippen molar-refractivity contribution in [1.29, 1.82) is 0 Å². The number of carbonyl (C=O) groups is 2. The number of anilines is 2. The Bertz CT molecular complexity index is 1360. The summed E-state index contributed by atoms with van der Waals surface area (Å²) >= 11 is 0. The quantitative estimate of drug-likeness (QED) is 0.202. The van der Waals surface area contributed by atoms with Crippen molar-refractivity contribution in [2.75, 3.05) is 10.6 Å². The molecule has 3 aromatic carbocycles. The van der Waals surface area contributed by atoms with E-state index in [0.29, 0.717) is 28.1 Å². The monoisotopic (exact) mass is 448 g/mol. The lowest BCUT2D eigenvalue weighted by Gasteiger charge is -2.11. The molecule has 7 heteroatoms. The Morgan fingerprint density at radius 1 is 0.765 bits per heavy atom. The highest BCUT2D eigenvalue weighted by Crippen LogP contribution is 2.27. The van der Waals surface area contributed by atoms with Gasteiger partial charge in [-0.15, -0.1) is 0 Å². The molecular weight excluding hydrogens is 428 g/mol. The van der Waals surface area contributed by atoms with Crippen LogP contribution in [0.2, 0.25) is 0 Å². The van der Waals surface area contributed by atoms with Crippen LogP contribution in [0.3, 0.4) is 0 Å². The standard InChI is InChI=1S/C27H20N4O3/c32-26(31-34)24-10-4-8-21(25(24)20-6-2-1-3-7-20)14-11-19-12-15-22(16-13-19)29-27(33)30-23-9-5-17-28-18-23/h1-10,12-13,15-18,34H,(H,31,32)(H2,29,30,33). The minimum absolute atomic E-state index is 0.319. The van der Waals surface area contributed by atoms with E-state index in [1.807, 2.05) is 36.4 Å². The van der Waals surface area contributed by atoms with Crippen LogP contribution in [-0.2, 0) is 0 Å². The predicted octanol–water partition coefficient (Wildman–Crippen LogP) is 4.91. The minimum Gasteiger partial charge on any atom is -0.308 e. The van der Waals surface area contributed by atoms with Crippen molar-refractivity contribution in [2.45, 2.75) is 0 Å². The largest absolute Gasteiger partial charge is 0.323 e. The summed E-state index contributed by atoms with van der Waals surface area (Å²) in [6.45, 7) is 0. The molecule has 3 amide bonds. The summed E-state index contributed by atoms with van der Waals surface area (Å²) in [5.74, 6) is 5.61. The lowest BCUT2D eigenvalue weighted by molar-refractivity contribution is 0.0707. The highest BCUT2D eigenvalue weighted by atomic mass is 16.5. The van der Waals surface area contributed by atoms with Crippen molar-refractivity contribution < 1.29 is 14.8 Å². The molecule has 0 aliphatic carbocycles. The Labute approximate surface area is 196 Å². The van der Waals surface area contributed by atoms with Crippen molar-refractivity contribution in [3.8, 4) is 23.0 Å². The first-order valence-electron chi connectivity index (χ1n) is 10.4. The maximum atomic E-state index is 12.2. The molecule has 0 radical (unpaired) electrons.